The van der Waals surface area contributed by atoms with Crippen LogP contribution in [0.4, 0.5) is 0 Å². The summed E-state index contributed by atoms with van der Waals surface area (Å²) in [6.07, 6.45) is 7.37. The normalized spacial score (nSPS) is 11.7. The standard InChI is InChI=1S/C24H22N2O3.C23H26N2O3.C17H16N2O3.C17H16N2O2.C16H14N2O2/c1-28-23(27)17-26-22-13-6-5-12-21(22)24(25-26)19-10-7-11-20(16-19)29-15-14-18-8-3-2-4-9-18;1-27-22(26)15-25-21-13-6-5-12-20(21)23(24-25)18-10-7-11-19(14-18)28-16-17-8-3-2-4-9-17;1-21-15-10-6-4-8-13(15)17-12-7-3-5-9-14(12)19(18-17)11-16(20)22-2;1-12-7-3-4-8-13(12)17-14-9-5-6-10-15(14)19(18-17)11-16(20)21-2;1-20-15(19)11-18-14-10-6-5-9-13(14)16(17-18)12-7-3-2-4-8-12/h2-13,16H,14-15,17H2,1H3;5-7,10-14,17H,2-4,8-9,15-16H2,1H3;3-10H,11H2,1-2H3;3-10H,11H2,1-2H3;2-10H,11H2,1H3. The number of aryl methyl sites for hydroxylation is 1. The molecule has 120 heavy (non-hydrogen) atoms. The summed E-state index contributed by atoms with van der Waals surface area (Å²) in [7, 11) is 8.54. The molecule has 610 valence electrons. The summed E-state index contributed by atoms with van der Waals surface area (Å²) in [4.78, 5) is 58.1. The van der Waals surface area contributed by atoms with Crippen molar-refractivity contribution in [3.8, 4) is 73.5 Å². The minimum absolute atomic E-state index is 0.0737. The Labute approximate surface area is 695 Å². The summed E-state index contributed by atoms with van der Waals surface area (Å²) in [5, 5.41) is 28.2. The van der Waals surface area contributed by atoms with Crippen molar-refractivity contribution in [2.45, 2.75) is 78.2 Å². The molecule has 23 nitrogen and oxygen atoms in total. The average molecular weight is 1610 g/mol. The molecule has 5 heterocycles. The first-order valence-corrected chi connectivity index (χ1v) is 39.6. The average Bonchev–Trinajstić information content (AvgIpc) is 1.59. The van der Waals surface area contributed by atoms with Gasteiger partial charge >= 0.3 is 29.8 Å². The van der Waals surface area contributed by atoms with Gasteiger partial charge in [0.2, 0.25) is 0 Å². The number of para-hydroxylation sites is 6. The van der Waals surface area contributed by atoms with Crippen molar-refractivity contribution in [3.05, 3.63) is 290 Å². The van der Waals surface area contributed by atoms with Gasteiger partial charge in [-0.05, 0) is 104 Å². The van der Waals surface area contributed by atoms with Crippen molar-refractivity contribution >= 4 is 84.4 Å². The predicted octanol–water partition coefficient (Wildman–Crippen LogP) is 18.3. The second-order valence-corrected chi connectivity index (χ2v) is 28.3. The van der Waals surface area contributed by atoms with E-state index in [2.05, 4.69) is 45.5 Å². The van der Waals surface area contributed by atoms with Crippen LogP contribution in [0, 0.1) is 12.8 Å². The summed E-state index contributed by atoms with van der Waals surface area (Å²) >= 11 is 0. The lowest BCUT2D eigenvalue weighted by Gasteiger charge is -2.21. The van der Waals surface area contributed by atoms with Gasteiger partial charge in [-0.15, -0.1) is 0 Å². The number of fused-ring (bicyclic) bond motifs is 5. The molecule has 0 unspecified atom stereocenters. The number of aromatic nitrogens is 10. The van der Waals surface area contributed by atoms with E-state index in [1.54, 1.807) is 30.5 Å². The Morgan fingerprint density at radius 3 is 1.06 bits per heavy atom. The van der Waals surface area contributed by atoms with Crippen molar-refractivity contribution in [2.75, 3.05) is 55.9 Å². The molecule has 1 fully saturated rings. The largest absolute Gasteiger partial charge is 0.496 e. The number of esters is 5. The highest BCUT2D eigenvalue weighted by Crippen LogP contribution is 2.37. The Kier molecular flexibility index (Phi) is 28.4. The number of hydrogen-bond donors (Lipinski definition) is 0. The fourth-order valence-corrected chi connectivity index (χ4v) is 14.5. The quantitative estimate of drug-likeness (QED) is 0.0426. The number of nitrogens with zero attached hydrogens (tertiary/aromatic N) is 10. The van der Waals surface area contributed by atoms with Crippen molar-refractivity contribution in [1.82, 2.24) is 48.9 Å². The molecule has 11 aromatic carbocycles. The van der Waals surface area contributed by atoms with Crippen LogP contribution in [-0.4, -0.2) is 135 Å². The smallest absolute Gasteiger partial charge is 0.327 e. The van der Waals surface area contributed by atoms with Crippen molar-refractivity contribution in [3.63, 3.8) is 0 Å². The molecule has 0 bridgehead atoms. The van der Waals surface area contributed by atoms with Gasteiger partial charge in [-0.1, -0.05) is 232 Å². The first-order valence-electron chi connectivity index (χ1n) is 39.6. The number of ether oxygens (including phenoxy) is 8. The zero-order valence-electron chi connectivity index (χ0n) is 68.1. The number of rotatable bonds is 23. The maximum atomic E-state index is 11.8. The number of carbonyl (C=O) groups excluding carboxylic acids is 5. The van der Waals surface area contributed by atoms with Crippen LogP contribution in [0.1, 0.15) is 43.2 Å². The molecule has 0 aliphatic heterocycles. The number of methoxy groups -OCH3 is 6. The topological polar surface area (TPSA) is 248 Å². The van der Waals surface area contributed by atoms with E-state index in [1.165, 1.54) is 73.2 Å². The van der Waals surface area contributed by atoms with Gasteiger partial charge < -0.3 is 37.9 Å². The van der Waals surface area contributed by atoms with Gasteiger partial charge in [0, 0.05) is 61.2 Å². The van der Waals surface area contributed by atoms with Crippen LogP contribution in [0.5, 0.6) is 17.2 Å². The third kappa shape index (κ3) is 20.7. The Balaban J connectivity index is 0.000000131. The SMILES string of the molecule is COC(=O)Cn1nc(-c2cccc(OCC3CCCCC3)c2)c2ccccc21.COC(=O)Cn1nc(-c2cccc(OCCc3ccccc3)c2)c2ccccc21.COC(=O)Cn1nc(-c2ccccc2)c2ccccc21.COC(=O)Cn1nc(-c2ccccc2C)c2ccccc21.COC(=O)Cn1nc(-c2ccccc2OC)c2ccccc21. The van der Waals surface area contributed by atoms with Crippen molar-refractivity contribution in [1.29, 1.82) is 0 Å². The van der Waals surface area contributed by atoms with E-state index < -0.39 is 0 Å². The Bertz CT molecular complexity index is 6180. The number of hydrogen-bond acceptors (Lipinski definition) is 18. The lowest BCUT2D eigenvalue weighted by molar-refractivity contribution is -0.142. The second kappa shape index (κ2) is 40.9. The molecule has 0 N–H and O–H groups in total. The van der Waals surface area contributed by atoms with Crippen LogP contribution in [0.3, 0.4) is 0 Å². The molecule has 1 aliphatic rings. The van der Waals surface area contributed by atoms with Gasteiger partial charge in [0.05, 0.1) is 83.5 Å². The minimum atomic E-state index is -0.333. The summed E-state index contributed by atoms with van der Waals surface area (Å²) in [6.45, 7) is 3.91. The monoisotopic (exact) mass is 1610 g/mol. The third-order valence-electron chi connectivity index (χ3n) is 20.6. The maximum Gasteiger partial charge on any atom is 0.327 e. The van der Waals surface area contributed by atoms with Crippen LogP contribution >= 0.6 is 0 Å². The highest BCUT2D eigenvalue weighted by Gasteiger charge is 2.23. The van der Waals surface area contributed by atoms with Crippen LogP contribution in [0.25, 0.3) is 111 Å². The maximum absolute atomic E-state index is 11.8. The molecule has 0 atom stereocenters. The zero-order chi connectivity index (χ0) is 83.7. The fourth-order valence-electron chi connectivity index (χ4n) is 14.5. The van der Waals surface area contributed by atoms with Crippen LogP contribution < -0.4 is 14.2 Å². The van der Waals surface area contributed by atoms with E-state index in [1.807, 2.05) is 261 Å². The van der Waals surface area contributed by atoms with E-state index >= 15 is 0 Å². The van der Waals surface area contributed by atoms with Gasteiger partial charge in [-0.3, -0.25) is 47.4 Å². The minimum Gasteiger partial charge on any atom is -0.496 e. The number of carbonyl (C=O) groups is 5. The summed E-state index contributed by atoms with van der Waals surface area (Å²) in [6, 6.07) is 91.4. The van der Waals surface area contributed by atoms with E-state index in [4.69, 9.17) is 43.0 Å². The molecule has 5 aromatic heterocycles. The summed E-state index contributed by atoms with van der Waals surface area (Å²) in [5.41, 5.74) is 16.1. The first-order chi connectivity index (χ1) is 58.7. The molecule has 0 spiro atoms. The highest BCUT2D eigenvalue weighted by atomic mass is 16.5. The highest BCUT2D eigenvalue weighted by molar-refractivity contribution is 5.99. The van der Waals surface area contributed by atoms with Gasteiger partial charge in [-0.2, -0.15) is 25.5 Å². The van der Waals surface area contributed by atoms with Crippen molar-refractivity contribution in [2.24, 2.45) is 5.92 Å². The van der Waals surface area contributed by atoms with E-state index in [0.717, 1.165) is 147 Å². The molecule has 17 rings (SSSR count). The van der Waals surface area contributed by atoms with Gasteiger partial charge in [-0.25, -0.2) is 0 Å². The van der Waals surface area contributed by atoms with Gasteiger partial charge in [0.1, 0.15) is 78.4 Å². The molecule has 23 heteroatoms. The van der Waals surface area contributed by atoms with Crippen LogP contribution in [0.2, 0.25) is 0 Å². The van der Waals surface area contributed by atoms with Crippen molar-refractivity contribution < 1.29 is 61.9 Å². The summed E-state index contributed by atoms with van der Waals surface area (Å²) < 4.78 is 49.7. The molecule has 1 aliphatic carbocycles. The Morgan fingerprint density at radius 2 is 0.650 bits per heavy atom. The Hall–Kier alpha value is -14.5. The second-order valence-electron chi connectivity index (χ2n) is 28.3. The molecule has 0 amide bonds. The lowest BCUT2D eigenvalue weighted by Crippen LogP contribution is -2.15. The zero-order valence-corrected chi connectivity index (χ0v) is 68.1. The van der Waals surface area contributed by atoms with Gasteiger partial charge in [0.15, 0.2) is 0 Å². The van der Waals surface area contributed by atoms with E-state index in [9.17, 15) is 24.0 Å². The predicted molar refractivity (Wildman–Crippen MR) is 465 cm³/mol. The van der Waals surface area contributed by atoms with E-state index in [0.29, 0.717) is 12.5 Å². The van der Waals surface area contributed by atoms with Gasteiger partial charge in [0.25, 0.3) is 0 Å². The number of benzene rings is 11. The van der Waals surface area contributed by atoms with Crippen LogP contribution in [-0.2, 0) is 86.8 Å². The molecule has 0 radical (unpaired) electrons. The molecule has 0 saturated heterocycles. The lowest BCUT2D eigenvalue weighted by atomic mass is 9.90. The first kappa shape index (κ1) is 83.5. The molecule has 1 saturated carbocycles. The Morgan fingerprint density at radius 1 is 0.325 bits per heavy atom. The summed E-state index contributed by atoms with van der Waals surface area (Å²) in [5.74, 6) is 1.48. The molecular formula is C97H94N10O13. The third-order valence-corrected chi connectivity index (χ3v) is 20.6. The fraction of sp³-hybridized carbons (Fsp3) is 0.216. The molecular weight excluding hydrogens is 1510 g/mol. The van der Waals surface area contributed by atoms with Crippen LogP contribution in [0.15, 0.2) is 279 Å². The van der Waals surface area contributed by atoms with E-state index in [-0.39, 0.29) is 62.6 Å². The molecule has 16 aromatic rings.